The van der Waals surface area contributed by atoms with Gasteiger partial charge >= 0.3 is 0 Å². The van der Waals surface area contributed by atoms with Crippen molar-refractivity contribution in [2.45, 2.75) is 58.8 Å². The Labute approximate surface area is 125 Å². The second-order valence-electron chi connectivity index (χ2n) is 5.37. The first-order valence-electron chi connectivity index (χ1n) is 7.73. The molecule has 0 radical (unpaired) electrons. The molecule has 0 spiro atoms. The summed E-state index contributed by atoms with van der Waals surface area (Å²) in [5.74, 6) is 2.31. The first-order valence-corrected chi connectivity index (χ1v) is 7.73. The zero-order valence-electron chi connectivity index (χ0n) is 13.2. The summed E-state index contributed by atoms with van der Waals surface area (Å²) in [6.07, 6.45) is 8.33. The van der Waals surface area contributed by atoms with Crippen molar-refractivity contribution in [1.29, 1.82) is 0 Å². The number of fused-ring (bicyclic) bond motifs is 1. The Kier molecular flexibility index (Phi) is 5.36. The third-order valence-corrected chi connectivity index (χ3v) is 3.67. The molecule has 0 aliphatic carbocycles. The molecule has 2 aromatic rings. The SMILES string of the molecule is CCCCCCCCc1c(OC)nc2nc(C)nn2c1N. The van der Waals surface area contributed by atoms with E-state index >= 15 is 0 Å². The van der Waals surface area contributed by atoms with Crippen LogP contribution in [0.2, 0.25) is 0 Å². The van der Waals surface area contributed by atoms with E-state index < -0.39 is 0 Å². The molecule has 0 aromatic carbocycles. The lowest BCUT2D eigenvalue weighted by atomic mass is 10.1. The van der Waals surface area contributed by atoms with Crippen LogP contribution in [0.1, 0.15) is 56.8 Å². The van der Waals surface area contributed by atoms with Gasteiger partial charge in [0.2, 0.25) is 5.88 Å². The Hall–Kier alpha value is -1.85. The molecule has 0 saturated carbocycles. The Balaban J connectivity index is 2.08. The van der Waals surface area contributed by atoms with Gasteiger partial charge in [0.05, 0.1) is 12.7 Å². The third kappa shape index (κ3) is 3.62. The van der Waals surface area contributed by atoms with Gasteiger partial charge in [0.1, 0.15) is 11.6 Å². The van der Waals surface area contributed by atoms with Gasteiger partial charge in [-0.15, -0.1) is 5.10 Å². The topological polar surface area (TPSA) is 78.3 Å². The maximum absolute atomic E-state index is 6.21. The number of anilines is 1. The van der Waals surface area contributed by atoms with Crippen molar-refractivity contribution in [2.75, 3.05) is 12.8 Å². The van der Waals surface area contributed by atoms with E-state index in [1.165, 1.54) is 32.1 Å². The second-order valence-corrected chi connectivity index (χ2v) is 5.37. The van der Waals surface area contributed by atoms with Crippen molar-refractivity contribution in [3.05, 3.63) is 11.4 Å². The molecular formula is C15H25N5O. The van der Waals surface area contributed by atoms with Crippen LogP contribution in [0, 0.1) is 6.92 Å². The lowest BCUT2D eigenvalue weighted by Gasteiger charge is -2.11. The van der Waals surface area contributed by atoms with E-state index in [1.807, 2.05) is 6.92 Å². The molecule has 2 aromatic heterocycles. The largest absolute Gasteiger partial charge is 0.481 e. The molecule has 2 N–H and O–H groups in total. The number of ether oxygens (including phenoxy) is 1. The van der Waals surface area contributed by atoms with Crippen molar-refractivity contribution in [1.82, 2.24) is 19.6 Å². The minimum atomic E-state index is 0.494. The minimum absolute atomic E-state index is 0.494. The van der Waals surface area contributed by atoms with Gasteiger partial charge in [0.25, 0.3) is 5.78 Å². The summed E-state index contributed by atoms with van der Waals surface area (Å²) in [6.45, 7) is 4.06. The van der Waals surface area contributed by atoms with Crippen molar-refractivity contribution < 1.29 is 4.74 Å². The molecule has 0 amide bonds. The summed E-state index contributed by atoms with van der Waals surface area (Å²) in [5, 5.41) is 4.28. The molecule has 0 saturated heterocycles. The van der Waals surface area contributed by atoms with E-state index in [9.17, 15) is 0 Å². The molecule has 21 heavy (non-hydrogen) atoms. The van der Waals surface area contributed by atoms with Crippen LogP contribution in [-0.4, -0.2) is 26.7 Å². The fraction of sp³-hybridized carbons (Fsp3) is 0.667. The first kappa shape index (κ1) is 15.5. The number of hydrogen-bond donors (Lipinski definition) is 1. The normalized spacial score (nSPS) is 11.2. The van der Waals surface area contributed by atoms with Gasteiger partial charge in [-0.1, -0.05) is 39.0 Å². The molecule has 116 valence electrons. The Morgan fingerprint density at radius 3 is 2.52 bits per heavy atom. The molecule has 0 aliphatic heterocycles. The summed E-state index contributed by atoms with van der Waals surface area (Å²) < 4.78 is 6.97. The quantitative estimate of drug-likeness (QED) is 0.756. The van der Waals surface area contributed by atoms with Gasteiger partial charge in [0, 0.05) is 0 Å². The molecule has 6 heteroatoms. The van der Waals surface area contributed by atoms with Crippen LogP contribution < -0.4 is 10.5 Å². The lowest BCUT2D eigenvalue weighted by molar-refractivity contribution is 0.391. The summed E-state index contributed by atoms with van der Waals surface area (Å²) >= 11 is 0. The van der Waals surface area contributed by atoms with Crippen LogP contribution in [0.25, 0.3) is 5.78 Å². The first-order chi connectivity index (χ1) is 10.2. The number of rotatable bonds is 8. The monoisotopic (exact) mass is 291 g/mol. The highest BCUT2D eigenvalue weighted by molar-refractivity contribution is 5.52. The molecule has 2 heterocycles. The zero-order chi connectivity index (χ0) is 15.2. The lowest BCUT2D eigenvalue weighted by Crippen LogP contribution is -2.08. The Morgan fingerprint density at radius 1 is 1.10 bits per heavy atom. The highest BCUT2D eigenvalue weighted by Crippen LogP contribution is 2.25. The number of nitrogen functional groups attached to an aromatic ring is 1. The molecule has 6 nitrogen and oxygen atoms in total. The average molecular weight is 291 g/mol. The van der Waals surface area contributed by atoms with Crippen LogP contribution in [-0.2, 0) is 6.42 Å². The highest BCUT2D eigenvalue weighted by Gasteiger charge is 2.15. The van der Waals surface area contributed by atoms with Gasteiger partial charge in [-0.3, -0.25) is 0 Å². The van der Waals surface area contributed by atoms with Gasteiger partial charge in [-0.05, 0) is 19.8 Å². The summed E-state index contributed by atoms with van der Waals surface area (Å²) in [4.78, 5) is 8.63. The predicted octanol–water partition coefficient (Wildman–Crippen LogP) is 2.93. The summed E-state index contributed by atoms with van der Waals surface area (Å²) in [7, 11) is 1.62. The fourth-order valence-corrected chi connectivity index (χ4v) is 2.52. The van der Waals surface area contributed by atoms with E-state index in [-0.39, 0.29) is 0 Å². The molecule has 0 unspecified atom stereocenters. The molecular weight excluding hydrogens is 266 g/mol. The molecule has 0 aliphatic rings. The van der Waals surface area contributed by atoms with Gasteiger partial charge < -0.3 is 10.5 Å². The third-order valence-electron chi connectivity index (χ3n) is 3.67. The number of nitrogens with zero attached hydrogens (tertiary/aromatic N) is 4. The zero-order valence-corrected chi connectivity index (χ0v) is 13.2. The van der Waals surface area contributed by atoms with E-state index in [4.69, 9.17) is 10.5 Å². The van der Waals surface area contributed by atoms with Gasteiger partial charge in [-0.2, -0.15) is 14.5 Å². The molecule has 0 atom stereocenters. The molecule has 2 rings (SSSR count). The maximum atomic E-state index is 6.21. The van der Waals surface area contributed by atoms with Crippen molar-refractivity contribution in [3.63, 3.8) is 0 Å². The van der Waals surface area contributed by atoms with Crippen LogP contribution in [0.5, 0.6) is 5.88 Å². The van der Waals surface area contributed by atoms with Gasteiger partial charge in [-0.25, -0.2) is 0 Å². The maximum Gasteiger partial charge on any atom is 0.257 e. The second kappa shape index (κ2) is 7.24. The number of nitrogens with two attached hydrogens (primary N) is 1. The Bertz CT molecular complexity index is 593. The van der Waals surface area contributed by atoms with Gasteiger partial charge in [0.15, 0.2) is 0 Å². The fourth-order valence-electron chi connectivity index (χ4n) is 2.52. The Morgan fingerprint density at radius 2 is 1.81 bits per heavy atom. The van der Waals surface area contributed by atoms with Crippen LogP contribution in [0.15, 0.2) is 0 Å². The average Bonchev–Trinajstić information content (AvgIpc) is 2.85. The summed E-state index contributed by atoms with van der Waals surface area (Å²) in [5.41, 5.74) is 7.15. The number of unbranched alkanes of at least 4 members (excludes halogenated alkanes) is 5. The van der Waals surface area contributed by atoms with Crippen LogP contribution in [0.4, 0.5) is 5.82 Å². The predicted molar refractivity (Wildman–Crippen MR) is 83.6 cm³/mol. The minimum Gasteiger partial charge on any atom is -0.481 e. The van der Waals surface area contributed by atoms with Crippen LogP contribution >= 0.6 is 0 Å². The van der Waals surface area contributed by atoms with Crippen molar-refractivity contribution >= 4 is 11.6 Å². The van der Waals surface area contributed by atoms with E-state index in [1.54, 1.807) is 11.6 Å². The summed E-state index contributed by atoms with van der Waals surface area (Å²) in [6, 6.07) is 0. The highest BCUT2D eigenvalue weighted by atomic mass is 16.5. The number of methoxy groups -OCH3 is 1. The van der Waals surface area contributed by atoms with Crippen molar-refractivity contribution in [3.8, 4) is 5.88 Å². The number of aromatic nitrogens is 4. The van der Waals surface area contributed by atoms with Crippen LogP contribution in [0.3, 0.4) is 0 Å². The number of aryl methyl sites for hydroxylation is 1. The smallest absolute Gasteiger partial charge is 0.257 e. The standard InChI is InChI=1S/C15H25N5O/c1-4-5-6-7-8-9-10-12-13(16)20-15(17-11(2)19-20)18-14(12)21-3/h4-10,16H2,1-3H3. The number of hydrogen-bond acceptors (Lipinski definition) is 5. The van der Waals surface area contributed by atoms with E-state index in [0.717, 1.165) is 18.4 Å². The molecule has 0 fully saturated rings. The van der Waals surface area contributed by atoms with E-state index in [0.29, 0.717) is 23.3 Å². The van der Waals surface area contributed by atoms with E-state index in [2.05, 4.69) is 22.0 Å². The van der Waals surface area contributed by atoms with Crippen molar-refractivity contribution in [2.24, 2.45) is 0 Å². The molecule has 0 bridgehead atoms.